The van der Waals surface area contributed by atoms with Crippen LogP contribution in [0.1, 0.15) is 52.2 Å². The number of nitrogens with one attached hydrogen (secondary N) is 2. The molecule has 2 rings (SSSR count). The highest BCUT2D eigenvalue weighted by atomic mass is 16.2. The van der Waals surface area contributed by atoms with Crippen molar-refractivity contribution in [1.29, 1.82) is 0 Å². The summed E-state index contributed by atoms with van der Waals surface area (Å²) in [5.41, 5.74) is 3.55. The fourth-order valence-corrected chi connectivity index (χ4v) is 2.51. The van der Waals surface area contributed by atoms with Crippen LogP contribution in [0.3, 0.4) is 0 Å². The minimum atomic E-state index is -0.262. The lowest BCUT2D eigenvalue weighted by molar-refractivity contribution is 0.0947. The summed E-state index contributed by atoms with van der Waals surface area (Å²) >= 11 is 0. The molecule has 1 aromatic carbocycles. The molecule has 5 heteroatoms. The van der Waals surface area contributed by atoms with Gasteiger partial charge in [-0.2, -0.15) is 0 Å². The van der Waals surface area contributed by atoms with Crippen LogP contribution < -0.4 is 10.6 Å². The fraction of sp³-hybridized carbons (Fsp3) is 0.350. The molecule has 0 spiro atoms. The van der Waals surface area contributed by atoms with Crippen LogP contribution in [0, 0.1) is 19.8 Å². The maximum Gasteiger partial charge on any atom is 0.269 e. The lowest BCUT2D eigenvalue weighted by Crippen LogP contribution is -2.26. The van der Waals surface area contributed by atoms with Crippen LogP contribution in [0.25, 0.3) is 0 Å². The molecule has 1 aromatic heterocycles. The molecule has 1 heterocycles. The van der Waals surface area contributed by atoms with Crippen molar-refractivity contribution in [3.05, 3.63) is 58.9 Å². The van der Waals surface area contributed by atoms with Crippen LogP contribution in [0.4, 0.5) is 5.69 Å². The van der Waals surface area contributed by atoms with Gasteiger partial charge in [0.1, 0.15) is 5.69 Å². The van der Waals surface area contributed by atoms with Crippen molar-refractivity contribution in [1.82, 2.24) is 10.3 Å². The zero-order chi connectivity index (χ0) is 18.4. The summed E-state index contributed by atoms with van der Waals surface area (Å²) in [7, 11) is 0. The van der Waals surface area contributed by atoms with Gasteiger partial charge in [0.15, 0.2) is 0 Å². The Labute approximate surface area is 148 Å². The summed E-state index contributed by atoms with van der Waals surface area (Å²) in [5, 5.41) is 5.69. The van der Waals surface area contributed by atoms with Gasteiger partial charge in [0, 0.05) is 24.0 Å². The van der Waals surface area contributed by atoms with Gasteiger partial charge in [-0.15, -0.1) is 0 Å². The number of nitrogens with zero attached hydrogens (tertiary/aromatic N) is 1. The predicted molar refractivity (Wildman–Crippen MR) is 99.9 cm³/mol. The van der Waals surface area contributed by atoms with E-state index in [0.717, 1.165) is 23.2 Å². The molecule has 0 fully saturated rings. The monoisotopic (exact) mass is 339 g/mol. The molecule has 0 saturated heterocycles. The second-order valence-electron chi connectivity index (χ2n) is 6.70. The highest BCUT2D eigenvalue weighted by Crippen LogP contribution is 2.15. The first-order valence-electron chi connectivity index (χ1n) is 8.49. The molecule has 2 amide bonds. The Bertz CT molecular complexity index is 749. The summed E-state index contributed by atoms with van der Waals surface area (Å²) in [6.45, 7) is 8.76. The molecular weight excluding hydrogens is 314 g/mol. The number of anilines is 1. The van der Waals surface area contributed by atoms with Crippen molar-refractivity contribution in [2.45, 2.75) is 34.1 Å². The van der Waals surface area contributed by atoms with Gasteiger partial charge in [-0.3, -0.25) is 14.6 Å². The van der Waals surface area contributed by atoms with Gasteiger partial charge in [0.05, 0.1) is 0 Å². The topological polar surface area (TPSA) is 71.1 Å². The Kier molecular flexibility index (Phi) is 6.28. The standard InChI is InChI=1S/C20H25N3O2/c1-13(2)5-7-22-20(25)18-12-16(6-8-21-18)19(24)23-17-10-14(3)9-15(4)11-17/h6,8-13H,5,7H2,1-4H3,(H,22,25)(H,23,24). The van der Waals surface area contributed by atoms with Gasteiger partial charge in [0.25, 0.3) is 11.8 Å². The van der Waals surface area contributed by atoms with Crippen molar-refractivity contribution in [2.24, 2.45) is 5.92 Å². The number of aromatic nitrogens is 1. The second kappa shape index (κ2) is 8.42. The number of aryl methyl sites for hydroxylation is 2. The van der Waals surface area contributed by atoms with Gasteiger partial charge in [-0.05, 0) is 61.6 Å². The van der Waals surface area contributed by atoms with Crippen LogP contribution >= 0.6 is 0 Å². The first-order valence-corrected chi connectivity index (χ1v) is 8.49. The molecular formula is C20H25N3O2. The van der Waals surface area contributed by atoms with Gasteiger partial charge in [0.2, 0.25) is 0 Å². The average Bonchev–Trinajstić information content (AvgIpc) is 2.53. The molecule has 0 aliphatic rings. The van der Waals surface area contributed by atoms with E-state index < -0.39 is 0 Å². The summed E-state index contributed by atoms with van der Waals surface area (Å²) in [5.74, 6) is -0.00603. The van der Waals surface area contributed by atoms with Crippen molar-refractivity contribution in [2.75, 3.05) is 11.9 Å². The third-order valence-corrected chi connectivity index (χ3v) is 3.74. The van der Waals surface area contributed by atoms with Gasteiger partial charge in [-0.1, -0.05) is 19.9 Å². The Morgan fingerprint density at radius 2 is 1.72 bits per heavy atom. The van der Waals surface area contributed by atoms with Crippen LogP contribution in [0.15, 0.2) is 36.5 Å². The molecule has 132 valence electrons. The number of carbonyl (C=O) groups is 2. The maximum absolute atomic E-state index is 12.4. The predicted octanol–water partition coefficient (Wildman–Crippen LogP) is 3.73. The average molecular weight is 339 g/mol. The van der Waals surface area contributed by atoms with Gasteiger partial charge >= 0.3 is 0 Å². The molecule has 2 N–H and O–H groups in total. The minimum absolute atomic E-state index is 0.247. The molecule has 0 atom stereocenters. The Morgan fingerprint density at radius 3 is 2.36 bits per heavy atom. The number of amides is 2. The number of rotatable bonds is 6. The first-order chi connectivity index (χ1) is 11.8. The third kappa shape index (κ3) is 5.71. The van der Waals surface area contributed by atoms with Crippen LogP contribution in [-0.4, -0.2) is 23.3 Å². The van der Waals surface area contributed by atoms with Crippen LogP contribution in [0.5, 0.6) is 0 Å². The second-order valence-corrected chi connectivity index (χ2v) is 6.70. The smallest absolute Gasteiger partial charge is 0.269 e. The Morgan fingerprint density at radius 1 is 1.04 bits per heavy atom. The van der Waals surface area contributed by atoms with E-state index in [-0.39, 0.29) is 17.5 Å². The molecule has 25 heavy (non-hydrogen) atoms. The van der Waals surface area contributed by atoms with E-state index in [9.17, 15) is 9.59 Å². The van der Waals surface area contributed by atoms with Crippen molar-refractivity contribution < 1.29 is 9.59 Å². The van der Waals surface area contributed by atoms with Gasteiger partial charge < -0.3 is 10.6 Å². The summed E-state index contributed by atoms with van der Waals surface area (Å²) in [4.78, 5) is 28.7. The normalized spacial score (nSPS) is 10.6. The highest BCUT2D eigenvalue weighted by molar-refractivity contribution is 6.05. The number of hydrogen-bond acceptors (Lipinski definition) is 3. The van der Waals surface area contributed by atoms with Crippen LogP contribution in [-0.2, 0) is 0 Å². The molecule has 0 unspecified atom stereocenters. The third-order valence-electron chi connectivity index (χ3n) is 3.74. The van der Waals surface area contributed by atoms with Crippen molar-refractivity contribution in [3.63, 3.8) is 0 Å². The number of benzene rings is 1. The SMILES string of the molecule is Cc1cc(C)cc(NC(=O)c2ccnc(C(=O)NCCC(C)C)c2)c1. The van der Waals surface area contributed by atoms with E-state index >= 15 is 0 Å². The van der Waals surface area contributed by atoms with E-state index in [1.54, 1.807) is 6.07 Å². The Balaban J connectivity index is 2.06. The number of carbonyl (C=O) groups excluding carboxylic acids is 2. The first kappa shape index (κ1) is 18.6. The molecule has 0 aliphatic heterocycles. The van der Waals surface area contributed by atoms with Gasteiger partial charge in [-0.25, -0.2) is 0 Å². The summed E-state index contributed by atoms with van der Waals surface area (Å²) in [6, 6.07) is 8.98. The summed E-state index contributed by atoms with van der Waals surface area (Å²) < 4.78 is 0. The quantitative estimate of drug-likeness (QED) is 0.842. The molecule has 0 bridgehead atoms. The Hall–Kier alpha value is -2.69. The van der Waals surface area contributed by atoms with E-state index in [1.807, 2.05) is 32.0 Å². The molecule has 2 aromatic rings. The van der Waals surface area contributed by atoms with Crippen LogP contribution in [0.2, 0.25) is 0 Å². The van der Waals surface area contributed by atoms with E-state index in [2.05, 4.69) is 29.5 Å². The van der Waals surface area contributed by atoms with E-state index in [4.69, 9.17) is 0 Å². The minimum Gasteiger partial charge on any atom is -0.351 e. The van der Waals surface area contributed by atoms with Crippen molar-refractivity contribution >= 4 is 17.5 Å². The summed E-state index contributed by atoms with van der Waals surface area (Å²) in [6.07, 6.45) is 2.38. The van der Waals surface area contributed by atoms with E-state index in [0.29, 0.717) is 18.0 Å². The number of hydrogen-bond donors (Lipinski definition) is 2. The zero-order valence-corrected chi connectivity index (χ0v) is 15.2. The molecule has 0 radical (unpaired) electrons. The fourth-order valence-electron chi connectivity index (χ4n) is 2.51. The molecule has 0 saturated carbocycles. The van der Waals surface area contributed by atoms with Crippen molar-refractivity contribution in [3.8, 4) is 0 Å². The zero-order valence-electron chi connectivity index (χ0n) is 15.2. The maximum atomic E-state index is 12.4. The number of pyridine rings is 1. The molecule has 0 aliphatic carbocycles. The lowest BCUT2D eigenvalue weighted by atomic mass is 10.1. The molecule has 5 nitrogen and oxygen atoms in total. The van der Waals surface area contributed by atoms with E-state index in [1.165, 1.54) is 12.3 Å². The lowest BCUT2D eigenvalue weighted by Gasteiger charge is -2.09. The highest BCUT2D eigenvalue weighted by Gasteiger charge is 2.12. The largest absolute Gasteiger partial charge is 0.351 e.